The van der Waals surface area contributed by atoms with Crippen molar-refractivity contribution in [3.8, 4) is 0 Å². The Balaban J connectivity index is 2.14. The molecule has 0 saturated carbocycles. The maximum Gasteiger partial charge on any atom is 0.145 e. The molecule has 0 fully saturated rings. The number of nitrogens with two attached hydrogens (primary N) is 1. The fourth-order valence-corrected chi connectivity index (χ4v) is 1.12. The minimum atomic E-state index is 0.514. The Morgan fingerprint density at radius 2 is 2.46 bits per heavy atom. The van der Waals surface area contributed by atoms with Gasteiger partial charge in [-0.25, -0.2) is 0 Å². The summed E-state index contributed by atoms with van der Waals surface area (Å²) >= 11 is 0. The van der Waals surface area contributed by atoms with Gasteiger partial charge in [-0.05, 0) is 13.0 Å². The van der Waals surface area contributed by atoms with E-state index in [0.717, 1.165) is 11.5 Å². The largest absolute Gasteiger partial charge is 0.382 e. The number of rotatable bonds is 2. The predicted octanol–water partition coefficient (Wildman–Crippen LogP) is 0.810. The fourth-order valence-electron chi connectivity index (χ4n) is 1.12. The first-order valence-corrected chi connectivity index (χ1v) is 3.95. The Bertz CT molecular complexity index is 365. The van der Waals surface area contributed by atoms with E-state index in [2.05, 4.69) is 10.3 Å². The third kappa shape index (κ3) is 1.69. The summed E-state index contributed by atoms with van der Waals surface area (Å²) in [5.41, 5.74) is 6.31. The predicted molar refractivity (Wildman–Crippen MR) is 47.0 cm³/mol. The highest BCUT2D eigenvalue weighted by Gasteiger charge is 2.01. The number of nitrogens with zero attached hydrogens (tertiary/aromatic N) is 3. The van der Waals surface area contributed by atoms with Crippen LogP contribution in [-0.2, 0) is 6.54 Å². The SMILES string of the molecule is Cc1cc(Cn2ccc(N)n2)no1. The van der Waals surface area contributed by atoms with Crippen LogP contribution in [0.15, 0.2) is 22.9 Å². The van der Waals surface area contributed by atoms with Gasteiger partial charge in [-0.3, -0.25) is 4.68 Å². The monoisotopic (exact) mass is 178 g/mol. The molecule has 0 unspecified atom stereocenters. The van der Waals surface area contributed by atoms with Crippen LogP contribution in [0, 0.1) is 6.92 Å². The maximum atomic E-state index is 5.46. The highest BCUT2D eigenvalue weighted by atomic mass is 16.5. The third-order valence-corrected chi connectivity index (χ3v) is 1.66. The Morgan fingerprint density at radius 1 is 1.62 bits per heavy atom. The van der Waals surface area contributed by atoms with E-state index in [1.54, 1.807) is 16.9 Å². The molecule has 0 spiro atoms. The molecule has 2 heterocycles. The van der Waals surface area contributed by atoms with Crippen LogP contribution in [0.5, 0.6) is 0 Å². The standard InChI is InChI=1S/C8H10N4O/c1-6-4-7(11-13-6)5-12-3-2-8(9)10-12/h2-4H,5H2,1H3,(H2,9,10). The van der Waals surface area contributed by atoms with E-state index in [-0.39, 0.29) is 0 Å². The van der Waals surface area contributed by atoms with E-state index in [1.165, 1.54) is 0 Å². The van der Waals surface area contributed by atoms with Crippen molar-refractivity contribution in [3.63, 3.8) is 0 Å². The zero-order chi connectivity index (χ0) is 9.26. The first-order chi connectivity index (χ1) is 6.24. The lowest BCUT2D eigenvalue weighted by Crippen LogP contribution is -2.01. The number of nitrogen functional groups attached to an aromatic ring is 1. The second kappa shape index (κ2) is 2.93. The smallest absolute Gasteiger partial charge is 0.145 e. The molecule has 0 aliphatic carbocycles. The van der Waals surface area contributed by atoms with Gasteiger partial charge in [0.25, 0.3) is 0 Å². The molecule has 0 aliphatic heterocycles. The van der Waals surface area contributed by atoms with Crippen molar-refractivity contribution >= 4 is 5.82 Å². The lowest BCUT2D eigenvalue weighted by molar-refractivity contribution is 0.388. The van der Waals surface area contributed by atoms with Crippen molar-refractivity contribution in [2.75, 3.05) is 5.73 Å². The van der Waals surface area contributed by atoms with Gasteiger partial charge < -0.3 is 10.3 Å². The minimum absolute atomic E-state index is 0.514. The number of aryl methyl sites for hydroxylation is 1. The van der Waals surface area contributed by atoms with E-state index in [4.69, 9.17) is 10.3 Å². The Morgan fingerprint density at radius 3 is 3.00 bits per heavy atom. The summed E-state index contributed by atoms with van der Waals surface area (Å²) < 4.78 is 6.64. The molecule has 2 aromatic heterocycles. The summed E-state index contributed by atoms with van der Waals surface area (Å²) in [5, 5.41) is 7.87. The van der Waals surface area contributed by atoms with Crippen LogP contribution >= 0.6 is 0 Å². The molecular formula is C8H10N4O. The Labute approximate surface area is 75.1 Å². The highest BCUT2D eigenvalue weighted by molar-refractivity contribution is 5.24. The first-order valence-electron chi connectivity index (χ1n) is 3.95. The van der Waals surface area contributed by atoms with Gasteiger partial charge >= 0.3 is 0 Å². The summed E-state index contributed by atoms with van der Waals surface area (Å²) in [5.74, 6) is 1.32. The van der Waals surface area contributed by atoms with Gasteiger partial charge in [0.1, 0.15) is 17.3 Å². The van der Waals surface area contributed by atoms with Gasteiger partial charge in [0.05, 0.1) is 6.54 Å². The summed E-state index contributed by atoms with van der Waals surface area (Å²) in [6, 6.07) is 3.62. The van der Waals surface area contributed by atoms with Crippen LogP contribution in [0.25, 0.3) is 0 Å². The molecule has 2 aromatic rings. The van der Waals surface area contributed by atoms with Crippen LogP contribution < -0.4 is 5.73 Å². The fraction of sp³-hybridized carbons (Fsp3) is 0.250. The molecule has 0 atom stereocenters. The zero-order valence-corrected chi connectivity index (χ0v) is 7.27. The molecule has 2 rings (SSSR count). The second-order valence-electron chi connectivity index (χ2n) is 2.87. The third-order valence-electron chi connectivity index (χ3n) is 1.66. The van der Waals surface area contributed by atoms with Crippen molar-refractivity contribution in [1.82, 2.24) is 14.9 Å². The number of aromatic nitrogens is 3. The van der Waals surface area contributed by atoms with Crippen LogP contribution in [0.4, 0.5) is 5.82 Å². The lowest BCUT2D eigenvalue weighted by atomic mass is 10.4. The van der Waals surface area contributed by atoms with Gasteiger partial charge in [-0.1, -0.05) is 5.16 Å². The second-order valence-corrected chi connectivity index (χ2v) is 2.87. The van der Waals surface area contributed by atoms with E-state index in [9.17, 15) is 0 Å². The van der Waals surface area contributed by atoms with Crippen molar-refractivity contribution in [1.29, 1.82) is 0 Å². The average molecular weight is 178 g/mol. The van der Waals surface area contributed by atoms with Gasteiger partial charge in [0, 0.05) is 12.3 Å². The molecule has 0 bridgehead atoms. The van der Waals surface area contributed by atoms with Crippen LogP contribution in [0.3, 0.4) is 0 Å². The normalized spacial score (nSPS) is 10.5. The minimum Gasteiger partial charge on any atom is -0.382 e. The van der Waals surface area contributed by atoms with Gasteiger partial charge in [-0.2, -0.15) is 5.10 Å². The van der Waals surface area contributed by atoms with E-state index >= 15 is 0 Å². The molecular weight excluding hydrogens is 168 g/mol. The quantitative estimate of drug-likeness (QED) is 0.738. The Kier molecular flexibility index (Phi) is 1.77. The maximum absolute atomic E-state index is 5.46. The number of hydrogen-bond donors (Lipinski definition) is 1. The van der Waals surface area contributed by atoms with E-state index in [0.29, 0.717) is 12.4 Å². The molecule has 2 N–H and O–H groups in total. The van der Waals surface area contributed by atoms with E-state index < -0.39 is 0 Å². The van der Waals surface area contributed by atoms with Crippen LogP contribution in [0.1, 0.15) is 11.5 Å². The van der Waals surface area contributed by atoms with Gasteiger partial charge in [-0.15, -0.1) is 0 Å². The van der Waals surface area contributed by atoms with Crippen LogP contribution in [0.2, 0.25) is 0 Å². The number of hydrogen-bond acceptors (Lipinski definition) is 4. The molecule has 68 valence electrons. The van der Waals surface area contributed by atoms with Crippen LogP contribution in [-0.4, -0.2) is 14.9 Å². The summed E-state index contributed by atoms with van der Waals surface area (Å²) in [6.07, 6.45) is 1.80. The average Bonchev–Trinajstić information content (AvgIpc) is 2.62. The zero-order valence-electron chi connectivity index (χ0n) is 7.27. The van der Waals surface area contributed by atoms with Crippen molar-refractivity contribution in [3.05, 3.63) is 29.8 Å². The van der Waals surface area contributed by atoms with Crippen molar-refractivity contribution in [2.24, 2.45) is 0 Å². The summed E-state index contributed by atoms with van der Waals surface area (Å²) in [6.45, 7) is 2.45. The molecule has 0 aliphatic rings. The summed E-state index contributed by atoms with van der Waals surface area (Å²) in [4.78, 5) is 0. The lowest BCUT2D eigenvalue weighted by Gasteiger charge is -1.94. The van der Waals surface area contributed by atoms with Crippen molar-refractivity contribution in [2.45, 2.75) is 13.5 Å². The first kappa shape index (κ1) is 7.85. The molecule has 0 aromatic carbocycles. The van der Waals surface area contributed by atoms with Crippen molar-refractivity contribution < 1.29 is 4.52 Å². The Hall–Kier alpha value is -1.78. The molecule has 0 radical (unpaired) electrons. The molecule has 5 nitrogen and oxygen atoms in total. The van der Waals surface area contributed by atoms with Gasteiger partial charge in [0.2, 0.25) is 0 Å². The highest BCUT2D eigenvalue weighted by Crippen LogP contribution is 2.04. The molecule has 13 heavy (non-hydrogen) atoms. The molecule has 0 amide bonds. The van der Waals surface area contributed by atoms with Gasteiger partial charge in [0.15, 0.2) is 0 Å². The summed E-state index contributed by atoms with van der Waals surface area (Å²) in [7, 11) is 0. The number of anilines is 1. The molecule has 0 saturated heterocycles. The van der Waals surface area contributed by atoms with E-state index in [1.807, 2.05) is 13.0 Å². The molecule has 5 heteroatoms. The topological polar surface area (TPSA) is 69.9 Å².